The number of nitrogens with one attached hydrogen (secondary N) is 3. The number of amides is 2. The van der Waals surface area contributed by atoms with E-state index in [-0.39, 0.29) is 23.9 Å². The second kappa shape index (κ2) is 7.05. The Hall–Kier alpha value is -1.88. The Labute approximate surface area is 120 Å². The van der Waals surface area contributed by atoms with Crippen LogP contribution in [0.15, 0.2) is 24.3 Å². The van der Waals surface area contributed by atoms with Crippen LogP contribution in [0.3, 0.4) is 0 Å². The Morgan fingerprint density at radius 3 is 2.50 bits per heavy atom. The van der Waals surface area contributed by atoms with Gasteiger partial charge in [0.05, 0.1) is 6.54 Å². The van der Waals surface area contributed by atoms with Crippen molar-refractivity contribution < 1.29 is 9.59 Å². The molecular formula is C15H23N3O2. The van der Waals surface area contributed by atoms with Crippen LogP contribution in [-0.4, -0.2) is 30.4 Å². The van der Waals surface area contributed by atoms with E-state index < -0.39 is 0 Å². The molecule has 0 spiro atoms. The van der Waals surface area contributed by atoms with Crippen molar-refractivity contribution in [2.45, 2.75) is 33.2 Å². The second-order valence-electron chi connectivity index (χ2n) is 5.59. The first kappa shape index (κ1) is 16.2. The third kappa shape index (κ3) is 5.84. The second-order valence-corrected chi connectivity index (χ2v) is 5.59. The van der Waals surface area contributed by atoms with E-state index in [0.717, 1.165) is 0 Å². The summed E-state index contributed by atoms with van der Waals surface area (Å²) in [6, 6.07) is 6.89. The summed E-state index contributed by atoms with van der Waals surface area (Å²) in [7, 11) is 0. The lowest BCUT2D eigenvalue weighted by atomic mass is 10.1. The number of hydrogen-bond acceptors (Lipinski definition) is 3. The first-order valence-corrected chi connectivity index (χ1v) is 6.75. The summed E-state index contributed by atoms with van der Waals surface area (Å²) in [5.41, 5.74) is 1.04. The van der Waals surface area contributed by atoms with Gasteiger partial charge in [0.15, 0.2) is 0 Å². The van der Waals surface area contributed by atoms with Gasteiger partial charge in [-0.05, 0) is 45.9 Å². The van der Waals surface area contributed by atoms with Crippen LogP contribution in [-0.2, 0) is 4.79 Å². The molecule has 0 saturated carbocycles. The Bertz CT molecular complexity index is 478. The van der Waals surface area contributed by atoms with Gasteiger partial charge < -0.3 is 16.0 Å². The van der Waals surface area contributed by atoms with E-state index in [1.165, 1.54) is 0 Å². The molecular weight excluding hydrogens is 254 g/mol. The van der Waals surface area contributed by atoms with E-state index in [1.54, 1.807) is 24.3 Å². The van der Waals surface area contributed by atoms with Gasteiger partial charge in [0.25, 0.3) is 5.91 Å². The van der Waals surface area contributed by atoms with Crippen molar-refractivity contribution in [1.82, 2.24) is 10.6 Å². The first-order valence-electron chi connectivity index (χ1n) is 6.75. The highest BCUT2D eigenvalue weighted by Gasteiger charge is 2.12. The zero-order valence-electron chi connectivity index (χ0n) is 12.5. The van der Waals surface area contributed by atoms with E-state index in [2.05, 4.69) is 16.0 Å². The van der Waals surface area contributed by atoms with Gasteiger partial charge in [-0.25, -0.2) is 0 Å². The minimum absolute atomic E-state index is 0.111. The Kier molecular flexibility index (Phi) is 5.70. The van der Waals surface area contributed by atoms with Gasteiger partial charge in [0.1, 0.15) is 0 Å². The van der Waals surface area contributed by atoms with Crippen LogP contribution < -0.4 is 16.0 Å². The molecule has 0 fully saturated rings. The van der Waals surface area contributed by atoms with Crippen molar-refractivity contribution >= 4 is 17.5 Å². The summed E-state index contributed by atoms with van der Waals surface area (Å²) in [5.74, 6) is -0.274. The van der Waals surface area contributed by atoms with E-state index in [4.69, 9.17) is 0 Å². The zero-order valence-corrected chi connectivity index (χ0v) is 12.5. The molecule has 1 aromatic carbocycles. The third-order valence-corrected chi connectivity index (χ3v) is 2.53. The molecule has 5 nitrogen and oxygen atoms in total. The topological polar surface area (TPSA) is 70.2 Å². The molecule has 0 atom stereocenters. The number of anilines is 1. The molecule has 0 aliphatic rings. The Morgan fingerprint density at radius 1 is 1.20 bits per heavy atom. The standard InChI is InChI=1S/C15H23N3O2/c1-5-16-14(20)11-7-6-8-12(9-11)18-13(19)10-17-15(2,3)4/h6-9,17H,5,10H2,1-4H3,(H,16,20)(H,18,19). The predicted molar refractivity (Wildman–Crippen MR) is 80.8 cm³/mol. The maximum Gasteiger partial charge on any atom is 0.251 e. The Balaban J connectivity index is 2.62. The van der Waals surface area contributed by atoms with Crippen LogP contribution in [0.4, 0.5) is 5.69 Å². The lowest BCUT2D eigenvalue weighted by Gasteiger charge is -2.20. The minimum atomic E-state index is -0.142. The Morgan fingerprint density at radius 2 is 1.90 bits per heavy atom. The van der Waals surface area contributed by atoms with Crippen molar-refractivity contribution in [3.8, 4) is 0 Å². The van der Waals surface area contributed by atoms with Gasteiger partial charge in [-0.15, -0.1) is 0 Å². The number of hydrogen-bond donors (Lipinski definition) is 3. The third-order valence-electron chi connectivity index (χ3n) is 2.53. The van der Waals surface area contributed by atoms with Crippen LogP contribution >= 0.6 is 0 Å². The molecule has 0 aromatic heterocycles. The van der Waals surface area contributed by atoms with Gasteiger partial charge in [-0.2, -0.15) is 0 Å². The van der Waals surface area contributed by atoms with E-state index in [0.29, 0.717) is 17.8 Å². The van der Waals surface area contributed by atoms with Crippen LogP contribution in [0.1, 0.15) is 38.1 Å². The van der Waals surface area contributed by atoms with E-state index in [1.807, 2.05) is 27.7 Å². The highest BCUT2D eigenvalue weighted by molar-refractivity contribution is 5.97. The SMILES string of the molecule is CCNC(=O)c1cccc(NC(=O)CNC(C)(C)C)c1. The summed E-state index contributed by atoms with van der Waals surface area (Å²) < 4.78 is 0. The van der Waals surface area contributed by atoms with Crippen molar-refractivity contribution in [3.63, 3.8) is 0 Å². The van der Waals surface area contributed by atoms with Crippen LogP contribution in [0, 0.1) is 0 Å². The maximum absolute atomic E-state index is 11.8. The van der Waals surface area contributed by atoms with Gasteiger partial charge in [0.2, 0.25) is 5.91 Å². The summed E-state index contributed by atoms with van der Waals surface area (Å²) in [4.78, 5) is 23.5. The molecule has 0 heterocycles. The van der Waals surface area contributed by atoms with Gasteiger partial charge in [-0.3, -0.25) is 9.59 Å². The highest BCUT2D eigenvalue weighted by atomic mass is 16.2. The smallest absolute Gasteiger partial charge is 0.251 e. The van der Waals surface area contributed by atoms with Crippen molar-refractivity contribution in [2.75, 3.05) is 18.4 Å². The average Bonchev–Trinajstić information content (AvgIpc) is 2.36. The fourth-order valence-electron chi connectivity index (χ4n) is 1.55. The van der Waals surface area contributed by atoms with Crippen molar-refractivity contribution in [1.29, 1.82) is 0 Å². The number of carbonyl (C=O) groups is 2. The fourth-order valence-corrected chi connectivity index (χ4v) is 1.55. The largest absolute Gasteiger partial charge is 0.352 e. The summed E-state index contributed by atoms with van der Waals surface area (Å²) >= 11 is 0. The molecule has 1 aromatic rings. The van der Waals surface area contributed by atoms with E-state index in [9.17, 15) is 9.59 Å². The first-order chi connectivity index (χ1) is 9.31. The fraction of sp³-hybridized carbons (Fsp3) is 0.467. The average molecular weight is 277 g/mol. The lowest BCUT2D eigenvalue weighted by molar-refractivity contribution is -0.115. The molecule has 20 heavy (non-hydrogen) atoms. The number of carbonyl (C=O) groups excluding carboxylic acids is 2. The molecule has 3 N–H and O–H groups in total. The number of rotatable bonds is 5. The van der Waals surface area contributed by atoms with Crippen molar-refractivity contribution in [3.05, 3.63) is 29.8 Å². The molecule has 0 bridgehead atoms. The monoisotopic (exact) mass is 277 g/mol. The summed E-state index contributed by atoms with van der Waals surface area (Å²) in [6.45, 7) is 8.66. The van der Waals surface area contributed by atoms with Crippen LogP contribution in [0.25, 0.3) is 0 Å². The van der Waals surface area contributed by atoms with Crippen LogP contribution in [0.2, 0.25) is 0 Å². The molecule has 0 aliphatic carbocycles. The molecule has 110 valence electrons. The highest BCUT2D eigenvalue weighted by Crippen LogP contribution is 2.10. The normalized spacial score (nSPS) is 11.0. The number of benzene rings is 1. The summed E-state index contributed by atoms with van der Waals surface area (Å²) in [6.07, 6.45) is 0. The van der Waals surface area contributed by atoms with Gasteiger partial charge in [-0.1, -0.05) is 6.07 Å². The molecule has 0 saturated heterocycles. The van der Waals surface area contributed by atoms with Crippen LogP contribution in [0.5, 0.6) is 0 Å². The van der Waals surface area contributed by atoms with Crippen molar-refractivity contribution in [2.24, 2.45) is 0 Å². The predicted octanol–water partition coefficient (Wildman–Crippen LogP) is 1.76. The molecule has 0 aliphatic heterocycles. The maximum atomic E-state index is 11.8. The van der Waals surface area contributed by atoms with Gasteiger partial charge >= 0.3 is 0 Å². The lowest BCUT2D eigenvalue weighted by Crippen LogP contribution is -2.41. The quantitative estimate of drug-likeness (QED) is 0.768. The molecule has 1 rings (SSSR count). The molecule has 5 heteroatoms. The molecule has 2 amide bonds. The zero-order chi connectivity index (χ0) is 15.2. The van der Waals surface area contributed by atoms with Gasteiger partial charge in [0, 0.05) is 23.3 Å². The molecule has 0 radical (unpaired) electrons. The summed E-state index contributed by atoms with van der Waals surface area (Å²) in [5, 5.41) is 8.60. The molecule has 0 unspecified atom stereocenters. The van der Waals surface area contributed by atoms with E-state index >= 15 is 0 Å². The minimum Gasteiger partial charge on any atom is -0.352 e.